The smallest absolute Gasteiger partial charge is 0.277 e. The van der Waals surface area contributed by atoms with Gasteiger partial charge in [-0.1, -0.05) is 11.6 Å². The largest absolute Gasteiger partial charge is 0.394 e. The zero-order valence-corrected chi connectivity index (χ0v) is 16.3. The van der Waals surface area contributed by atoms with E-state index in [0.717, 1.165) is 12.1 Å². The molecular formula is C16H13ClF3IN2O4. The average Bonchev–Trinajstić information content (AvgIpc) is 2.63. The van der Waals surface area contributed by atoms with Crippen molar-refractivity contribution in [2.75, 3.05) is 18.5 Å². The van der Waals surface area contributed by atoms with E-state index >= 15 is 0 Å². The fourth-order valence-corrected chi connectivity index (χ4v) is 2.58. The van der Waals surface area contributed by atoms with E-state index in [1.165, 1.54) is 12.1 Å². The number of halogens is 5. The van der Waals surface area contributed by atoms with E-state index in [-0.39, 0.29) is 5.69 Å². The molecule has 0 radical (unpaired) electrons. The molecule has 0 saturated carbocycles. The van der Waals surface area contributed by atoms with Crippen molar-refractivity contribution >= 4 is 51.5 Å². The van der Waals surface area contributed by atoms with Gasteiger partial charge in [-0.2, -0.15) is 0 Å². The molecule has 0 fully saturated rings. The fourth-order valence-electron chi connectivity index (χ4n) is 1.93. The Morgan fingerprint density at radius 3 is 2.59 bits per heavy atom. The van der Waals surface area contributed by atoms with E-state index < -0.39 is 59.0 Å². The Balaban J connectivity index is 2.34. The van der Waals surface area contributed by atoms with Crippen LogP contribution in [0.1, 0.15) is 10.4 Å². The Bertz CT molecular complexity index is 857. The first kappa shape index (κ1) is 21.7. The lowest BCUT2D eigenvalue weighted by Crippen LogP contribution is -2.30. The van der Waals surface area contributed by atoms with E-state index in [1.54, 1.807) is 0 Å². The lowest BCUT2D eigenvalue weighted by atomic mass is 10.1. The molecule has 0 aromatic heterocycles. The highest BCUT2D eigenvalue weighted by molar-refractivity contribution is 14.1. The second kappa shape index (κ2) is 9.55. The molecule has 0 aliphatic carbocycles. The molecule has 2 aromatic carbocycles. The molecule has 11 heteroatoms. The van der Waals surface area contributed by atoms with Crippen LogP contribution in [0.2, 0.25) is 5.02 Å². The zero-order chi connectivity index (χ0) is 20.1. The quantitative estimate of drug-likeness (QED) is 0.258. The number of hydroxylamine groups is 1. The van der Waals surface area contributed by atoms with Crippen LogP contribution in [0.15, 0.2) is 24.3 Å². The number of carbonyl (C=O) groups is 1. The third-order valence-corrected chi connectivity index (χ3v) is 4.20. The van der Waals surface area contributed by atoms with Gasteiger partial charge < -0.3 is 15.5 Å². The van der Waals surface area contributed by atoms with Gasteiger partial charge in [-0.25, -0.2) is 18.7 Å². The predicted molar refractivity (Wildman–Crippen MR) is 100 cm³/mol. The van der Waals surface area contributed by atoms with Gasteiger partial charge in [0, 0.05) is 3.57 Å². The van der Waals surface area contributed by atoms with Crippen molar-refractivity contribution in [1.29, 1.82) is 0 Å². The number of aliphatic hydroxyl groups excluding tert-OH is 2. The van der Waals surface area contributed by atoms with Crippen LogP contribution >= 0.6 is 34.2 Å². The van der Waals surface area contributed by atoms with Crippen molar-refractivity contribution in [3.8, 4) is 0 Å². The molecule has 146 valence electrons. The van der Waals surface area contributed by atoms with Crippen LogP contribution in [0, 0.1) is 21.0 Å². The number of hydrogen-bond acceptors (Lipinski definition) is 5. The SMILES string of the molecule is O=C(NOC[C@@H](O)CO)c1cc(Cl)c(F)c(F)c1Nc1ccc(I)cc1F. The van der Waals surface area contributed by atoms with Crippen LogP contribution in [0.3, 0.4) is 0 Å². The standard InChI is InChI=1S/C16H13ClF3IN2O4/c17-10-4-9(16(26)23-27-6-8(25)5-24)15(14(20)13(10)19)22-12-2-1-7(21)3-11(12)18/h1-4,8,22,24-25H,5-6H2,(H,23,26)/t8-/m0/s1. The van der Waals surface area contributed by atoms with Gasteiger partial charge in [-0.15, -0.1) is 0 Å². The maximum atomic E-state index is 14.3. The number of hydrogen-bond donors (Lipinski definition) is 4. The molecule has 0 aliphatic heterocycles. The summed E-state index contributed by atoms with van der Waals surface area (Å²) in [6, 6.07) is 4.81. The Morgan fingerprint density at radius 1 is 1.26 bits per heavy atom. The van der Waals surface area contributed by atoms with E-state index in [1.807, 2.05) is 28.1 Å². The molecular weight excluding hydrogens is 504 g/mol. The maximum absolute atomic E-state index is 14.3. The van der Waals surface area contributed by atoms with E-state index in [2.05, 4.69) is 10.2 Å². The van der Waals surface area contributed by atoms with Gasteiger partial charge >= 0.3 is 0 Å². The van der Waals surface area contributed by atoms with Crippen LogP contribution in [0.25, 0.3) is 0 Å². The lowest BCUT2D eigenvalue weighted by molar-refractivity contribution is -0.0295. The number of carbonyl (C=O) groups excluding carboxylic acids is 1. The zero-order valence-electron chi connectivity index (χ0n) is 13.4. The highest BCUT2D eigenvalue weighted by atomic mass is 127. The van der Waals surface area contributed by atoms with Crippen molar-refractivity contribution in [1.82, 2.24) is 5.48 Å². The molecule has 0 aliphatic rings. The first-order valence-corrected chi connectivity index (χ1v) is 8.80. The Morgan fingerprint density at radius 2 is 1.96 bits per heavy atom. The van der Waals surface area contributed by atoms with Crippen LogP contribution in [-0.2, 0) is 4.84 Å². The first-order valence-electron chi connectivity index (χ1n) is 7.35. The second-order valence-electron chi connectivity index (χ2n) is 5.24. The Labute approximate surface area is 170 Å². The van der Waals surface area contributed by atoms with Crippen LogP contribution in [0.4, 0.5) is 24.5 Å². The summed E-state index contributed by atoms with van der Waals surface area (Å²) in [5.74, 6) is -4.68. The van der Waals surface area contributed by atoms with Gasteiger partial charge in [0.15, 0.2) is 11.6 Å². The molecule has 0 saturated heterocycles. The summed E-state index contributed by atoms with van der Waals surface area (Å²) in [4.78, 5) is 16.9. The molecule has 6 nitrogen and oxygen atoms in total. The number of benzene rings is 2. The molecule has 2 rings (SSSR count). The van der Waals surface area contributed by atoms with E-state index in [4.69, 9.17) is 21.8 Å². The van der Waals surface area contributed by atoms with Gasteiger partial charge in [0.25, 0.3) is 5.91 Å². The highest BCUT2D eigenvalue weighted by Gasteiger charge is 2.23. The molecule has 2 aromatic rings. The van der Waals surface area contributed by atoms with Gasteiger partial charge in [0.05, 0.1) is 28.6 Å². The Hall–Kier alpha value is -1.60. The van der Waals surface area contributed by atoms with Crippen molar-refractivity contribution < 1.29 is 33.0 Å². The van der Waals surface area contributed by atoms with Crippen LogP contribution < -0.4 is 10.8 Å². The van der Waals surface area contributed by atoms with Crippen LogP contribution in [-0.4, -0.2) is 35.4 Å². The number of anilines is 2. The van der Waals surface area contributed by atoms with E-state index in [0.29, 0.717) is 3.57 Å². The monoisotopic (exact) mass is 516 g/mol. The lowest BCUT2D eigenvalue weighted by Gasteiger charge is -2.15. The summed E-state index contributed by atoms with van der Waals surface area (Å²) in [6.07, 6.45) is -1.25. The molecule has 0 unspecified atom stereocenters. The number of aliphatic hydroxyl groups is 2. The summed E-state index contributed by atoms with van der Waals surface area (Å²) in [6.45, 7) is -1.06. The highest BCUT2D eigenvalue weighted by Crippen LogP contribution is 2.32. The maximum Gasteiger partial charge on any atom is 0.277 e. The second-order valence-corrected chi connectivity index (χ2v) is 6.89. The molecule has 1 amide bonds. The fraction of sp³-hybridized carbons (Fsp3) is 0.188. The van der Waals surface area contributed by atoms with Crippen molar-refractivity contribution in [3.63, 3.8) is 0 Å². The number of amides is 1. The van der Waals surface area contributed by atoms with Gasteiger partial charge in [0.2, 0.25) is 0 Å². The molecule has 0 bridgehead atoms. The third-order valence-electron chi connectivity index (χ3n) is 3.25. The molecule has 0 heterocycles. The average molecular weight is 517 g/mol. The first-order chi connectivity index (χ1) is 12.7. The normalized spacial score (nSPS) is 12.0. The third kappa shape index (κ3) is 5.45. The molecule has 4 N–H and O–H groups in total. The van der Waals surface area contributed by atoms with Gasteiger partial charge in [-0.3, -0.25) is 9.63 Å². The summed E-state index contributed by atoms with van der Waals surface area (Å²) in [7, 11) is 0. The summed E-state index contributed by atoms with van der Waals surface area (Å²) in [5.41, 5.74) is 0.588. The minimum Gasteiger partial charge on any atom is -0.394 e. The van der Waals surface area contributed by atoms with Crippen LogP contribution in [0.5, 0.6) is 0 Å². The van der Waals surface area contributed by atoms with Gasteiger partial charge in [0.1, 0.15) is 18.5 Å². The summed E-state index contributed by atoms with van der Waals surface area (Å²) >= 11 is 7.46. The molecule has 27 heavy (non-hydrogen) atoms. The van der Waals surface area contributed by atoms with E-state index in [9.17, 15) is 18.0 Å². The van der Waals surface area contributed by atoms with Crippen molar-refractivity contribution in [2.45, 2.75) is 6.10 Å². The minimum atomic E-state index is -1.49. The summed E-state index contributed by atoms with van der Waals surface area (Å²) < 4.78 is 42.8. The predicted octanol–water partition coefficient (Wildman–Crippen LogP) is 3.12. The van der Waals surface area contributed by atoms with Gasteiger partial charge in [-0.05, 0) is 46.9 Å². The Kier molecular flexibility index (Phi) is 7.68. The number of rotatable bonds is 7. The topological polar surface area (TPSA) is 90.8 Å². The number of nitrogens with one attached hydrogen (secondary N) is 2. The van der Waals surface area contributed by atoms with Crippen molar-refractivity contribution in [3.05, 3.63) is 55.9 Å². The molecule has 1 atom stereocenters. The molecule has 0 spiro atoms. The minimum absolute atomic E-state index is 0.193. The summed E-state index contributed by atoms with van der Waals surface area (Å²) in [5, 5.41) is 19.5. The van der Waals surface area contributed by atoms with Crippen molar-refractivity contribution in [2.24, 2.45) is 0 Å².